The fourth-order valence-electron chi connectivity index (χ4n) is 2.25. The number of rotatable bonds is 4. The third kappa shape index (κ3) is 2.66. The average Bonchev–Trinajstić information content (AvgIpc) is 2.61. The van der Waals surface area contributed by atoms with Crippen molar-refractivity contribution in [1.82, 2.24) is 4.57 Å². The van der Waals surface area contributed by atoms with Crippen LogP contribution in [0.15, 0.2) is 12.4 Å². The number of hydrogen-bond donors (Lipinski definition) is 1. The summed E-state index contributed by atoms with van der Waals surface area (Å²) in [7, 11) is 0. The molecule has 1 heterocycles. The molecule has 0 radical (unpaired) electrons. The topological polar surface area (TPSA) is 34.4 Å². The molecule has 0 fully saturated rings. The lowest BCUT2D eigenvalue weighted by Crippen LogP contribution is -2.09. The second kappa shape index (κ2) is 5.02. The summed E-state index contributed by atoms with van der Waals surface area (Å²) in [4.78, 5) is 0. The molecule has 0 bridgehead atoms. The minimum Gasteiger partial charge on any atom is -0.388 e. The SMILES string of the molecule is CC(C)OCCn1cc2c(c1)C(O)CCC2. The zero-order valence-electron chi connectivity index (χ0n) is 10.1. The van der Waals surface area contributed by atoms with Crippen LogP contribution in [0, 0.1) is 0 Å². The Labute approximate surface area is 97.0 Å². The van der Waals surface area contributed by atoms with Crippen molar-refractivity contribution in [3.8, 4) is 0 Å². The van der Waals surface area contributed by atoms with E-state index in [-0.39, 0.29) is 12.2 Å². The van der Waals surface area contributed by atoms with Crippen molar-refractivity contribution in [2.24, 2.45) is 0 Å². The van der Waals surface area contributed by atoms with Gasteiger partial charge in [-0.1, -0.05) is 0 Å². The molecule has 1 unspecified atom stereocenters. The van der Waals surface area contributed by atoms with E-state index in [0.717, 1.165) is 38.0 Å². The number of ether oxygens (including phenoxy) is 1. The van der Waals surface area contributed by atoms with E-state index in [9.17, 15) is 5.11 Å². The van der Waals surface area contributed by atoms with Crippen molar-refractivity contribution < 1.29 is 9.84 Å². The molecule has 2 rings (SSSR count). The highest BCUT2D eigenvalue weighted by Gasteiger charge is 2.19. The number of aryl methyl sites for hydroxylation is 1. The van der Waals surface area contributed by atoms with E-state index in [0.29, 0.717) is 0 Å². The maximum Gasteiger partial charge on any atom is 0.0807 e. The quantitative estimate of drug-likeness (QED) is 0.849. The molecule has 0 aliphatic heterocycles. The Bertz CT molecular complexity index is 344. The van der Waals surface area contributed by atoms with Gasteiger partial charge >= 0.3 is 0 Å². The summed E-state index contributed by atoms with van der Waals surface area (Å²) in [6.45, 7) is 5.70. The number of aliphatic hydroxyl groups is 1. The molecular weight excluding hydrogens is 202 g/mol. The summed E-state index contributed by atoms with van der Waals surface area (Å²) in [6, 6.07) is 0. The summed E-state index contributed by atoms with van der Waals surface area (Å²) in [5, 5.41) is 9.84. The van der Waals surface area contributed by atoms with Crippen molar-refractivity contribution >= 4 is 0 Å². The van der Waals surface area contributed by atoms with Gasteiger partial charge in [-0.2, -0.15) is 0 Å². The van der Waals surface area contributed by atoms with Crippen LogP contribution in [-0.2, 0) is 17.7 Å². The predicted molar refractivity (Wildman–Crippen MR) is 63.4 cm³/mol. The lowest BCUT2D eigenvalue weighted by molar-refractivity contribution is 0.0727. The monoisotopic (exact) mass is 223 g/mol. The molecule has 1 aliphatic carbocycles. The van der Waals surface area contributed by atoms with Crippen molar-refractivity contribution in [2.75, 3.05) is 6.61 Å². The number of nitrogens with zero attached hydrogens (tertiary/aromatic N) is 1. The maximum absolute atomic E-state index is 9.84. The number of aliphatic hydroxyl groups excluding tert-OH is 1. The molecule has 0 saturated heterocycles. The second-order valence-corrected chi connectivity index (χ2v) is 4.80. The molecule has 0 saturated carbocycles. The third-order valence-corrected chi connectivity index (χ3v) is 3.08. The standard InChI is InChI=1S/C13H21NO2/c1-10(2)16-7-6-14-8-11-4-3-5-13(15)12(11)9-14/h8-10,13,15H,3-7H2,1-2H3. The Hall–Kier alpha value is -0.800. The van der Waals surface area contributed by atoms with Crippen LogP contribution < -0.4 is 0 Å². The van der Waals surface area contributed by atoms with Crippen LogP contribution >= 0.6 is 0 Å². The van der Waals surface area contributed by atoms with Gasteiger partial charge in [0, 0.05) is 24.5 Å². The normalized spacial score (nSPS) is 20.1. The first-order valence-electron chi connectivity index (χ1n) is 6.15. The van der Waals surface area contributed by atoms with E-state index in [1.807, 2.05) is 13.8 Å². The summed E-state index contributed by atoms with van der Waals surface area (Å²) >= 11 is 0. The summed E-state index contributed by atoms with van der Waals surface area (Å²) in [6.07, 6.45) is 7.36. The van der Waals surface area contributed by atoms with Crippen LogP contribution in [0.4, 0.5) is 0 Å². The molecule has 90 valence electrons. The first-order valence-corrected chi connectivity index (χ1v) is 6.15. The highest BCUT2D eigenvalue weighted by Crippen LogP contribution is 2.30. The van der Waals surface area contributed by atoms with Gasteiger partial charge in [0.25, 0.3) is 0 Å². The largest absolute Gasteiger partial charge is 0.388 e. The smallest absolute Gasteiger partial charge is 0.0807 e. The van der Waals surface area contributed by atoms with Crippen molar-refractivity contribution in [3.63, 3.8) is 0 Å². The number of fused-ring (bicyclic) bond motifs is 1. The van der Waals surface area contributed by atoms with E-state index in [2.05, 4.69) is 17.0 Å². The summed E-state index contributed by atoms with van der Waals surface area (Å²) in [5.41, 5.74) is 2.43. The van der Waals surface area contributed by atoms with Gasteiger partial charge in [-0.05, 0) is 38.7 Å². The van der Waals surface area contributed by atoms with Gasteiger partial charge in [-0.3, -0.25) is 0 Å². The predicted octanol–water partition coefficient (Wildman–Crippen LogP) is 2.28. The van der Waals surface area contributed by atoms with E-state index >= 15 is 0 Å². The fraction of sp³-hybridized carbons (Fsp3) is 0.692. The summed E-state index contributed by atoms with van der Waals surface area (Å²) in [5.74, 6) is 0. The van der Waals surface area contributed by atoms with Crippen LogP contribution in [0.25, 0.3) is 0 Å². The zero-order chi connectivity index (χ0) is 11.5. The van der Waals surface area contributed by atoms with Crippen LogP contribution in [0.5, 0.6) is 0 Å². The van der Waals surface area contributed by atoms with Gasteiger partial charge in [0.2, 0.25) is 0 Å². The maximum atomic E-state index is 9.84. The van der Waals surface area contributed by atoms with Crippen LogP contribution in [0.1, 0.15) is 43.9 Å². The zero-order valence-corrected chi connectivity index (χ0v) is 10.1. The average molecular weight is 223 g/mol. The van der Waals surface area contributed by atoms with Crippen molar-refractivity contribution in [3.05, 3.63) is 23.5 Å². The van der Waals surface area contributed by atoms with E-state index < -0.39 is 0 Å². The second-order valence-electron chi connectivity index (χ2n) is 4.80. The molecule has 1 aliphatic rings. The highest BCUT2D eigenvalue weighted by atomic mass is 16.5. The molecule has 0 spiro atoms. The summed E-state index contributed by atoms with van der Waals surface area (Å²) < 4.78 is 7.66. The Kier molecular flexibility index (Phi) is 3.66. The fourth-order valence-corrected chi connectivity index (χ4v) is 2.25. The van der Waals surface area contributed by atoms with Gasteiger partial charge in [-0.25, -0.2) is 0 Å². The van der Waals surface area contributed by atoms with Crippen LogP contribution in [0.2, 0.25) is 0 Å². The van der Waals surface area contributed by atoms with Gasteiger partial charge in [0.15, 0.2) is 0 Å². The van der Waals surface area contributed by atoms with Crippen molar-refractivity contribution in [1.29, 1.82) is 0 Å². The Morgan fingerprint density at radius 1 is 1.50 bits per heavy atom. The lowest BCUT2D eigenvalue weighted by atomic mass is 9.93. The minimum absolute atomic E-state index is 0.254. The lowest BCUT2D eigenvalue weighted by Gasteiger charge is -2.16. The molecule has 0 aromatic carbocycles. The highest BCUT2D eigenvalue weighted by molar-refractivity contribution is 5.28. The Morgan fingerprint density at radius 2 is 2.31 bits per heavy atom. The van der Waals surface area contributed by atoms with Gasteiger partial charge in [-0.15, -0.1) is 0 Å². The van der Waals surface area contributed by atoms with Crippen LogP contribution in [0.3, 0.4) is 0 Å². The molecule has 1 N–H and O–H groups in total. The molecule has 1 aromatic heterocycles. The van der Waals surface area contributed by atoms with Gasteiger partial charge in [0.1, 0.15) is 0 Å². The molecule has 1 atom stereocenters. The molecular formula is C13H21NO2. The van der Waals surface area contributed by atoms with E-state index in [1.54, 1.807) is 0 Å². The molecule has 3 nitrogen and oxygen atoms in total. The number of hydrogen-bond acceptors (Lipinski definition) is 2. The first-order chi connectivity index (χ1) is 7.66. The Balaban J connectivity index is 1.96. The van der Waals surface area contributed by atoms with E-state index in [1.165, 1.54) is 5.56 Å². The Morgan fingerprint density at radius 3 is 3.00 bits per heavy atom. The van der Waals surface area contributed by atoms with Gasteiger partial charge < -0.3 is 14.4 Å². The van der Waals surface area contributed by atoms with Gasteiger partial charge in [0.05, 0.1) is 18.8 Å². The molecule has 16 heavy (non-hydrogen) atoms. The van der Waals surface area contributed by atoms with E-state index in [4.69, 9.17) is 4.74 Å². The minimum atomic E-state index is -0.254. The third-order valence-electron chi connectivity index (χ3n) is 3.08. The number of aromatic nitrogens is 1. The molecule has 0 amide bonds. The van der Waals surface area contributed by atoms with Crippen molar-refractivity contribution in [2.45, 2.75) is 51.9 Å². The van der Waals surface area contributed by atoms with Crippen LogP contribution in [-0.4, -0.2) is 22.4 Å². The molecule has 3 heteroatoms. The first kappa shape index (κ1) is 11.7. The molecule has 1 aromatic rings.